The highest BCUT2D eigenvalue weighted by atomic mass is 16.5. The molecule has 2 aromatic rings. The summed E-state index contributed by atoms with van der Waals surface area (Å²) in [4.78, 5) is 12.4. The Morgan fingerprint density at radius 1 is 1.19 bits per heavy atom. The number of carbonyl (C=O) groups excluding carboxylic acids is 1. The van der Waals surface area contributed by atoms with Crippen molar-refractivity contribution < 1.29 is 19.4 Å². The molecule has 3 rings (SSSR count). The lowest BCUT2D eigenvalue weighted by molar-refractivity contribution is 0.100. The fraction of sp³-hybridized carbons (Fsp3) is 0.118. The molecular formula is C17H14O4. The van der Waals surface area contributed by atoms with Crippen molar-refractivity contribution in [2.75, 3.05) is 13.7 Å². The molecule has 1 aliphatic heterocycles. The smallest absolute Gasteiger partial charge is 0.196 e. The summed E-state index contributed by atoms with van der Waals surface area (Å²) in [7, 11) is 1.61. The topological polar surface area (TPSA) is 55.8 Å². The van der Waals surface area contributed by atoms with Crippen LogP contribution in [0.15, 0.2) is 48.0 Å². The summed E-state index contributed by atoms with van der Waals surface area (Å²) in [6.07, 6.45) is 1.80. The molecule has 1 N–H and O–H groups in total. The molecule has 0 radical (unpaired) electrons. The first kappa shape index (κ1) is 13.2. The number of ether oxygens (including phenoxy) is 2. The first-order valence-electron chi connectivity index (χ1n) is 6.52. The molecule has 0 spiro atoms. The molecule has 0 saturated heterocycles. The van der Waals surface area contributed by atoms with Crippen molar-refractivity contribution in [2.45, 2.75) is 0 Å². The molecule has 1 aliphatic rings. The lowest BCUT2D eigenvalue weighted by atomic mass is 9.98. The van der Waals surface area contributed by atoms with Crippen LogP contribution in [-0.2, 0) is 0 Å². The second kappa shape index (κ2) is 5.32. The van der Waals surface area contributed by atoms with Gasteiger partial charge in [0.25, 0.3) is 0 Å². The van der Waals surface area contributed by atoms with E-state index in [0.29, 0.717) is 16.9 Å². The number of fused-ring (bicyclic) bond motifs is 1. The van der Waals surface area contributed by atoms with E-state index >= 15 is 0 Å². The zero-order valence-electron chi connectivity index (χ0n) is 11.5. The maximum absolute atomic E-state index is 12.4. The van der Waals surface area contributed by atoms with Crippen LogP contribution >= 0.6 is 0 Å². The summed E-state index contributed by atoms with van der Waals surface area (Å²) in [5.74, 6) is 1.20. The van der Waals surface area contributed by atoms with E-state index in [4.69, 9.17) is 9.47 Å². The third-order valence-corrected chi connectivity index (χ3v) is 3.34. The van der Waals surface area contributed by atoms with E-state index in [2.05, 4.69) is 0 Å². The number of methoxy groups -OCH3 is 1. The molecule has 2 aromatic carbocycles. The summed E-state index contributed by atoms with van der Waals surface area (Å²) in [6, 6.07) is 12.0. The average Bonchev–Trinajstić information content (AvgIpc) is 2.51. The van der Waals surface area contributed by atoms with Crippen LogP contribution in [0.4, 0.5) is 0 Å². The van der Waals surface area contributed by atoms with Crippen molar-refractivity contribution in [2.24, 2.45) is 0 Å². The van der Waals surface area contributed by atoms with Gasteiger partial charge in [-0.3, -0.25) is 4.79 Å². The normalized spacial score (nSPS) is 15.5. The van der Waals surface area contributed by atoms with Crippen LogP contribution in [0.2, 0.25) is 0 Å². The second-order valence-electron chi connectivity index (χ2n) is 4.74. The molecule has 0 amide bonds. The van der Waals surface area contributed by atoms with Crippen LogP contribution < -0.4 is 9.47 Å². The quantitative estimate of drug-likeness (QED) is 0.860. The number of ketones is 1. The number of carbonyl (C=O) groups is 1. The molecule has 1 heterocycles. The Morgan fingerprint density at radius 2 is 1.95 bits per heavy atom. The van der Waals surface area contributed by atoms with Gasteiger partial charge in [0.1, 0.15) is 23.9 Å². The molecule has 0 aliphatic carbocycles. The summed E-state index contributed by atoms with van der Waals surface area (Å²) >= 11 is 0. The summed E-state index contributed by atoms with van der Waals surface area (Å²) < 4.78 is 10.6. The molecule has 0 saturated carbocycles. The monoisotopic (exact) mass is 282 g/mol. The predicted molar refractivity (Wildman–Crippen MR) is 78.9 cm³/mol. The third kappa shape index (κ3) is 2.60. The zero-order chi connectivity index (χ0) is 14.8. The summed E-state index contributed by atoms with van der Waals surface area (Å²) in [5.41, 5.74) is 1.96. The molecule has 0 bridgehead atoms. The Bertz CT molecular complexity index is 714. The van der Waals surface area contributed by atoms with Crippen molar-refractivity contribution in [1.29, 1.82) is 0 Å². The highest BCUT2D eigenvalue weighted by Gasteiger charge is 2.23. The summed E-state index contributed by atoms with van der Waals surface area (Å²) in [5, 5.41) is 9.41. The number of hydrogen-bond acceptors (Lipinski definition) is 4. The first-order chi connectivity index (χ1) is 10.2. The molecule has 0 unspecified atom stereocenters. The van der Waals surface area contributed by atoms with E-state index in [1.165, 1.54) is 12.1 Å². The Kier molecular flexibility index (Phi) is 3.36. The van der Waals surface area contributed by atoms with Crippen LogP contribution in [0.1, 0.15) is 15.9 Å². The lowest BCUT2D eigenvalue weighted by Gasteiger charge is -2.18. The van der Waals surface area contributed by atoms with Crippen molar-refractivity contribution in [1.82, 2.24) is 0 Å². The highest BCUT2D eigenvalue weighted by molar-refractivity contribution is 6.14. The Hall–Kier alpha value is -2.75. The Balaban J connectivity index is 1.91. The standard InChI is InChI=1S/C17H14O4/c1-20-14-5-2-11(3-6-14)8-12-10-21-16-9-13(18)4-7-15(16)17(12)19/h2-9,18H,10H2,1H3/b12-8+. The van der Waals surface area contributed by atoms with Crippen LogP contribution in [0.5, 0.6) is 17.2 Å². The van der Waals surface area contributed by atoms with E-state index in [9.17, 15) is 9.90 Å². The van der Waals surface area contributed by atoms with E-state index in [-0.39, 0.29) is 18.1 Å². The summed E-state index contributed by atoms with van der Waals surface area (Å²) in [6.45, 7) is 0.196. The van der Waals surface area contributed by atoms with Gasteiger partial charge in [-0.1, -0.05) is 12.1 Å². The number of rotatable bonds is 2. The van der Waals surface area contributed by atoms with Crippen molar-refractivity contribution in [3.05, 3.63) is 59.2 Å². The minimum absolute atomic E-state index is 0.0768. The molecular weight excluding hydrogens is 268 g/mol. The van der Waals surface area contributed by atoms with Gasteiger partial charge in [-0.15, -0.1) is 0 Å². The molecule has 106 valence electrons. The van der Waals surface area contributed by atoms with Gasteiger partial charge >= 0.3 is 0 Å². The first-order valence-corrected chi connectivity index (χ1v) is 6.52. The number of benzene rings is 2. The van der Waals surface area contributed by atoms with Crippen LogP contribution in [0.25, 0.3) is 6.08 Å². The second-order valence-corrected chi connectivity index (χ2v) is 4.74. The van der Waals surface area contributed by atoms with Gasteiger partial charge in [0.05, 0.1) is 12.7 Å². The van der Waals surface area contributed by atoms with Crippen LogP contribution in [-0.4, -0.2) is 24.6 Å². The van der Waals surface area contributed by atoms with Crippen molar-refractivity contribution >= 4 is 11.9 Å². The number of phenolic OH excluding ortho intramolecular Hbond substituents is 1. The maximum Gasteiger partial charge on any atom is 0.196 e. The van der Waals surface area contributed by atoms with Gasteiger partial charge in [0, 0.05) is 11.6 Å². The van der Waals surface area contributed by atoms with E-state index < -0.39 is 0 Å². The maximum atomic E-state index is 12.4. The molecule has 21 heavy (non-hydrogen) atoms. The van der Waals surface area contributed by atoms with Crippen LogP contribution in [0.3, 0.4) is 0 Å². The molecule has 0 fully saturated rings. The van der Waals surface area contributed by atoms with Gasteiger partial charge in [-0.25, -0.2) is 0 Å². The average molecular weight is 282 g/mol. The number of aromatic hydroxyl groups is 1. The largest absolute Gasteiger partial charge is 0.508 e. The highest BCUT2D eigenvalue weighted by Crippen LogP contribution is 2.31. The number of phenols is 1. The molecule has 4 heteroatoms. The SMILES string of the molecule is COc1ccc(/C=C2\COc3cc(O)ccc3C2=O)cc1. The Labute approximate surface area is 122 Å². The molecule has 4 nitrogen and oxygen atoms in total. The van der Waals surface area contributed by atoms with Crippen molar-refractivity contribution in [3.63, 3.8) is 0 Å². The lowest BCUT2D eigenvalue weighted by Crippen LogP contribution is -2.18. The molecule has 0 atom stereocenters. The van der Waals surface area contributed by atoms with Crippen LogP contribution in [0, 0.1) is 0 Å². The minimum atomic E-state index is -0.0768. The molecule has 0 aromatic heterocycles. The van der Waals surface area contributed by atoms with Gasteiger partial charge < -0.3 is 14.6 Å². The van der Waals surface area contributed by atoms with Gasteiger partial charge in [0.2, 0.25) is 0 Å². The minimum Gasteiger partial charge on any atom is -0.508 e. The van der Waals surface area contributed by atoms with Gasteiger partial charge in [-0.2, -0.15) is 0 Å². The van der Waals surface area contributed by atoms with Crippen molar-refractivity contribution in [3.8, 4) is 17.2 Å². The third-order valence-electron chi connectivity index (χ3n) is 3.34. The van der Waals surface area contributed by atoms with E-state index in [1.54, 1.807) is 19.3 Å². The number of hydrogen-bond donors (Lipinski definition) is 1. The van der Waals surface area contributed by atoms with E-state index in [1.807, 2.05) is 24.3 Å². The van der Waals surface area contributed by atoms with Gasteiger partial charge in [0.15, 0.2) is 5.78 Å². The predicted octanol–water partition coefficient (Wildman–Crippen LogP) is 3.06. The number of Topliss-reactive ketones (excluding diaryl/α,β-unsaturated/α-hetero) is 1. The van der Waals surface area contributed by atoms with Gasteiger partial charge in [-0.05, 0) is 35.9 Å². The fourth-order valence-corrected chi connectivity index (χ4v) is 2.22. The fourth-order valence-electron chi connectivity index (χ4n) is 2.22. The zero-order valence-corrected chi connectivity index (χ0v) is 11.5. The Morgan fingerprint density at radius 3 is 2.67 bits per heavy atom. The van der Waals surface area contributed by atoms with E-state index in [0.717, 1.165) is 11.3 Å².